The lowest BCUT2D eigenvalue weighted by Gasteiger charge is -2.60. The van der Waals surface area contributed by atoms with E-state index in [1.54, 1.807) is 50.0 Å². The molecule has 0 amide bonds. The third kappa shape index (κ3) is 8.08. The van der Waals surface area contributed by atoms with Gasteiger partial charge in [0, 0.05) is 35.0 Å². The fraction of sp³-hybridized carbons (Fsp3) is 0.526. The number of methoxy groups -OCH3 is 1. The van der Waals surface area contributed by atoms with E-state index < -0.39 is 88.7 Å². The highest BCUT2D eigenvalue weighted by molar-refractivity contribution is 6.03. The minimum Gasteiger partial charge on any atom is -0.482 e. The number of anilines is 1. The van der Waals surface area contributed by atoms with Crippen LogP contribution in [0.1, 0.15) is 128 Å². The number of ketones is 1. The Morgan fingerprint density at radius 2 is 1.71 bits per heavy atom. The molecule has 6 fully saturated rings. The maximum Gasteiger partial charge on any atom is 0.343 e. The van der Waals surface area contributed by atoms with Crippen LogP contribution in [-0.4, -0.2) is 115 Å². The van der Waals surface area contributed by atoms with Crippen LogP contribution in [0.15, 0.2) is 77.2 Å². The van der Waals surface area contributed by atoms with Crippen LogP contribution in [0.2, 0.25) is 0 Å². The van der Waals surface area contributed by atoms with Crippen LogP contribution in [-0.2, 0) is 39.7 Å². The molecule has 6 bridgehead atoms. The first-order valence-electron chi connectivity index (χ1n) is 25.8. The van der Waals surface area contributed by atoms with Crippen LogP contribution in [0.4, 0.5) is 5.95 Å². The fourth-order valence-corrected chi connectivity index (χ4v) is 12.7. The second kappa shape index (κ2) is 18.0. The minimum absolute atomic E-state index is 0.00398. The number of hydrogen-bond acceptors (Lipinski definition) is 17. The number of aromatic nitrogens is 3. The first kappa shape index (κ1) is 51.0. The van der Waals surface area contributed by atoms with Gasteiger partial charge in [0.2, 0.25) is 12.2 Å². The van der Waals surface area contributed by atoms with Gasteiger partial charge >= 0.3 is 11.9 Å². The van der Waals surface area contributed by atoms with Gasteiger partial charge in [-0.3, -0.25) is 4.79 Å². The Labute approximate surface area is 435 Å². The summed E-state index contributed by atoms with van der Waals surface area (Å²) in [4.78, 5) is 48.2. The molecule has 9 aliphatic rings. The molecule has 398 valence electrons. The highest BCUT2D eigenvalue weighted by atomic mass is 16.8. The molecule has 1 aromatic heterocycles. The maximum absolute atomic E-state index is 15.7. The van der Waals surface area contributed by atoms with Crippen molar-refractivity contribution in [2.75, 3.05) is 19.0 Å². The van der Waals surface area contributed by atoms with Crippen LogP contribution < -0.4 is 24.3 Å². The summed E-state index contributed by atoms with van der Waals surface area (Å²) in [6.45, 7) is 19.4. The van der Waals surface area contributed by atoms with Gasteiger partial charge < -0.3 is 58.2 Å². The summed E-state index contributed by atoms with van der Waals surface area (Å²) in [6, 6.07) is 5.50. The number of aliphatic hydroxyl groups is 2. The summed E-state index contributed by atoms with van der Waals surface area (Å²) >= 11 is 0. The van der Waals surface area contributed by atoms with Crippen molar-refractivity contribution in [1.29, 1.82) is 0 Å². The Kier molecular flexibility index (Phi) is 12.2. The van der Waals surface area contributed by atoms with Gasteiger partial charge in [-0.15, -0.1) is 5.10 Å². The van der Waals surface area contributed by atoms with E-state index in [0.717, 1.165) is 12.0 Å². The summed E-state index contributed by atoms with van der Waals surface area (Å²) in [5.41, 5.74) is 0.667. The molecule has 3 saturated heterocycles. The summed E-state index contributed by atoms with van der Waals surface area (Å²) < 4.78 is 59.6. The summed E-state index contributed by atoms with van der Waals surface area (Å²) in [5.74, 6) is -1.98. The summed E-state index contributed by atoms with van der Waals surface area (Å²) in [5, 5.41) is 30.6. The Morgan fingerprint density at radius 3 is 2.43 bits per heavy atom. The molecular weight excluding hydrogens is 965 g/mol. The molecule has 3 aliphatic carbocycles. The van der Waals surface area contributed by atoms with E-state index >= 15 is 4.79 Å². The molecule has 4 unspecified atom stereocenters. The van der Waals surface area contributed by atoms with E-state index in [0.29, 0.717) is 64.3 Å². The molecule has 18 nitrogen and oxygen atoms in total. The fourth-order valence-electron chi connectivity index (χ4n) is 12.7. The Hall–Kier alpha value is -6.15. The van der Waals surface area contributed by atoms with Crippen LogP contribution in [0.5, 0.6) is 23.0 Å². The number of allylic oxidation sites excluding steroid dienone is 4. The smallest absolute Gasteiger partial charge is 0.343 e. The lowest BCUT2D eigenvalue weighted by Crippen LogP contribution is -2.74. The summed E-state index contributed by atoms with van der Waals surface area (Å²) in [6.07, 6.45) is 8.07. The molecule has 11 atom stereocenters. The number of fused-ring (bicyclic) bond motifs is 6. The molecule has 18 heteroatoms. The van der Waals surface area contributed by atoms with Crippen LogP contribution in [0.3, 0.4) is 0 Å². The van der Waals surface area contributed by atoms with Crippen LogP contribution >= 0.6 is 0 Å². The molecule has 6 aliphatic heterocycles. The molecule has 1 spiro atoms. The molecule has 0 radical (unpaired) electrons. The quantitative estimate of drug-likeness (QED) is 0.0686. The summed E-state index contributed by atoms with van der Waals surface area (Å²) in [7, 11) is 1.32. The number of carbonyl (C=O) groups is 3. The molecule has 3 saturated carbocycles. The predicted molar refractivity (Wildman–Crippen MR) is 272 cm³/mol. The van der Waals surface area contributed by atoms with Crippen molar-refractivity contribution >= 4 is 35.4 Å². The van der Waals surface area contributed by atoms with Crippen molar-refractivity contribution in [2.45, 2.75) is 166 Å². The first-order chi connectivity index (χ1) is 35.5. The van der Waals surface area contributed by atoms with Crippen molar-refractivity contribution in [2.24, 2.45) is 11.8 Å². The van der Waals surface area contributed by atoms with Crippen molar-refractivity contribution < 1.29 is 67.2 Å². The van der Waals surface area contributed by atoms with Crippen molar-refractivity contribution in [3.63, 3.8) is 0 Å². The van der Waals surface area contributed by atoms with Gasteiger partial charge in [0.1, 0.15) is 53.6 Å². The second-order valence-electron chi connectivity index (χ2n) is 22.8. The largest absolute Gasteiger partial charge is 0.482 e. The van der Waals surface area contributed by atoms with Gasteiger partial charge in [0.05, 0.1) is 47.7 Å². The van der Waals surface area contributed by atoms with E-state index in [4.69, 9.17) is 47.7 Å². The van der Waals surface area contributed by atoms with E-state index in [-0.39, 0.29) is 41.8 Å². The topological polar surface area (TPSA) is 217 Å². The van der Waals surface area contributed by atoms with Gasteiger partial charge in [-0.1, -0.05) is 29.4 Å². The zero-order valence-corrected chi connectivity index (χ0v) is 44.3. The number of esters is 2. The normalized spacial score (nSPS) is 32.8. The monoisotopic (exact) mass is 1030 g/mol. The Balaban J connectivity index is 1.06. The number of ether oxygens (including phenoxy) is 9. The number of nitrogens with zero attached hydrogens (tertiary/aromatic N) is 3. The second-order valence-corrected chi connectivity index (χ2v) is 22.8. The van der Waals surface area contributed by atoms with E-state index in [1.807, 2.05) is 46.8 Å². The van der Waals surface area contributed by atoms with Crippen LogP contribution in [0.25, 0.3) is 11.8 Å². The highest BCUT2D eigenvalue weighted by Gasteiger charge is 2.84. The molecule has 3 aromatic rings. The van der Waals surface area contributed by atoms with E-state index in [1.165, 1.54) is 24.8 Å². The highest BCUT2D eigenvalue weighted by Crippen LogP contribution is 2.73. The zero-order chi connectivity index (χ0) is 53.3. The molecule has 75 heavy (non-hydrogen) atoms. The standard InChI is InChI=1S/C57H66N4O14/c1-28(2)13-12-22-55(10)23-21-34-44(73-55)33(19-14-29(3)4)46-38(45(34)71-50(66)31-15-17-32(18-16-31)69-51-43(63)42(62)47-36(70-51)26-68-54(8,9)72-47)40-39-41(61-27-58-52(59-40)60-61)35-25-37-53(6,7)75-56(48(35)64,57(37,39)74-46)24-20-30(5)49(65)67-11/h13-18,20-21,23,27,35-37,41-43,47,51,62-63H,12,19,22,24-26H2,1-11H3,(H,59,60)/b30-20-/t35-,36+,37+,41?,42+,43+,47+,51+,55?,56?,57?/m0/s1. The predicted octanol–water partition coefficient (Wildman–Crippen LogP) is 7.68. The number of Topliss-reactive ketones (excluding diaryl/α,β-unsaturated/α-hetero) is 1. The number of aliphatic hydroxyl groups excluding tert-OH is 2. The van der Waals surface area contributed by atoms with Crippen molar-refractivity contribution in [3.8, 4) is 23.0 Å². The van der Waals surface area contributed by atoms with Gasteiger partial charge in [-0.2, -0.15) is 0 Å². The molecular formula is C57H66N4O14. The molecule has 7 heterocycles. The van der Waals surface area contributed by atoms with Crippen LogP contribution in [0, 0.1) is 11.8 Å². The number of carbonyl (C=O) groups excluding carboxylic acids is 3. The van der Waals surface area contributed by atoms with Crippen molar-refractivity contribution in [3.05, 3.63) is 99.4 Å². The van der Waals surface area contributed by atoms with Gasteiger partial charge in [0.25, 0.3) is 0 Å². The SMILES string of the molecule is COC(=O)/C(C)=C\CC12OC(C)(C)[C@H]3C[C@H](C1=O)C1C4=C(Nc5ncn1n5)c1c(OC(=O)c5ccc(O[C@@H]6O[C@@H]7COC(C)(C)O[C@H]7[C@H](O)[C@H]6O)cc5)c5c(c(CC=C(C)C)c1OC432)OC(C)(CCC=C(C)C)C=C5. The lowest BCUT2D eigenvalue weighted by atomic mass is 9.47. The average molecular weight is 1030 g/mol. The van der Waals surface area contributed by atoms with Crippen molar-refractivity contribution in [1.82, 2.24) is 14.8 Å². The van der Waals surface area contributed by atoms with Gasteiger partial charge in [-0.05, 0) is 131 Å². The van der Waals surface area contributed by atoms with E-state index in [9.17, 15) is 19.8 Å². The molecule has 3 N–H and O–H groups in total. The minimum atomic E-state index is -1.64. The first-order valence-corrected chi connectivity index (χ1v) is 25.8. The molecule has 12 rings (SSSR count). The van der Waals surface area contributed by atoms with Gasteiger partial charge in [-0.25, -0.2) is 19.3 Å². The maximum atomic E-state index is 15.7. The number of hydrogen-bond donors (Lipinski definition) is 3. The number of nitrogens with one attached hydrogen (secondary N) is 1. The van der Waals surface area contributed by atoms with Gasteiger partial charge in [0.15, 0.2) is 28.5 Å². The molecule has 2 aromatic carbocycles. The Morgan fingerprint density at radius 1 is 0.960 bits per heavy atom. The van der Waals surface area contributed by atoms with E-state index in [2.05, 4.69) is 36.3 Å². The zero-order valence-electron chi connectivity index (χ0n) is 44.3. The third-order valence-electron chi connectivity index (χ3n) is 16.2. The third-order valence-corrected chi connectivity index (χ3v) is 16.2. The number of benzene rings is 2. The Bertz CT molecular complexity index is 3050. The number of rotatable bonds is 12. The average Bonchev–Trinajstić information content (AvgIpc) is 3.82. The lowest BCUT2D eigenvalue weighted by molar-refractivity contribution is -0.373.